The number of rotatable bonds is 3. The highest BCUT2D eigenvalue weighted by Crippen LogP contribution is 2.40. The van der Waals surface area contributed by atoms with E-state index in [9.17, 15) is 4.79 Å². The molecule has 3 heteroatoms. The molecule has 0 atom stereocenters. The van der Waals surface area contributed by atoms with Gasteiger partial charge in [-0.05, 0) is 68.6 Å². The van der Waals surface area contributed by atoms with Gasteiger partial charge >= 0.3 is 5.97 Å². The molecule has 0 aromatic carbocycles. The van der Waals surface area contributed by atoms with Gasteiger partial charge in [-0.3, -0.25) is 4.79 Å². The summed E-state index contributed by atoms with van der Waals surface area (Å²) in [5.74, 6) is 1.41. The van der Waals surface area contributed by atoms with Crippen LogP contribution < -0.4 is 0 Å². The lowest BCUT2D eigenvalue weighted by atomic mass is 9.70. The molecule has 3 nitrogen and oxygen atoms in total. The summed E-state index contributed by atoms with van der Waals surface area (Å²) in [6, 6.07) is 2.25. The lowest BCUT2D eigenvalue weighted by molar-refractivity contribution is -0.157. The highest BCUT2D eigenvalue weighted by Gasteiger charge is 2.34. The second kappa shape index (κ2) is 7.49. The van der Waals surface area contributed by atoms with E-state index in [0.717, 1.165) is 57.3 Å². The molecule has 0 saturated heterocycles. The van der Waals surface area contributed by atoms with Gasteiger partial charge in [-0.25, -0.2) is 0 Å². The number of hydrogen-bond acceptors (Lipinski definition) is 3. The Balaban J connectivity index is 1.72. The molecule has 2 saturated carbocycles. The van der Waals surface area contributed by atoms with E-state index in [1.165, 1.54) is 0 Å². The van der Waals surface area contributed by atoms with Crippen molar-refractivity contribution in [2.45, 2.75) is 84.7 Å². The molecule has 22 heavy (non-hydrogen) atoms. The number of hydrogen-bond donors (Lipinski definition) is 0. The van der Waals surface area contributed by atoms with Crippen LogP contribution in [0.4, 0.5) is 0 Å². The first-order valence-corrected chi connectivity index (χ1v) is 8.97. The predicted octanol–water partition coefficient (Wildman–Crippen LogP) is 4.85. The highest BCUT2D eigenvalue weighted by molar-refractivity contribution is 5.72. The molecule has 0 heterocycles. The van der Waals surface area contributed by atoms with Crippen LogP contribution in [-0.4, -0.2) is 12.1 Å². The normalized spacial score (nSPS) is 33.0. The molecule has 0 aromatic heterocycles. The quantitative estimate of drug-likeness (QED) is 0.700. The largest absolute Gasteiger partial charge is 0.462 e. The Labute approximate surface area is 135 Å². The molecule has 2 fully saturated rings. The van der Waals surface area contributed by atoms with E-state index in [1.54, 1.807) is 0 Å². The van der Waals surface area contributed by atoms with Crippen molar-refractivity contribution in [1.82, 2.24) is 0 Å². The van der Waals surface area contributed by atoms with E-state index >= 15 is 0 Å². The minimum Gasteiger partial charge on any atom is -0.462 e. The zero-order chi connectivity index (χ0) is 16.2. The lowest BCUT2D eigenvalue weighted by Gasteiger charge is -2.36. The van der Waals surface area contributed by atoms with Crippen LogP contribution in [0.3, 0.4) is 0 Å². The first kappa shape index (κ1) is 17.3. The Morgan fingerprint density at radius 3 is 2.14 bits per heavy atom. The Morgan fingerprint density at radius 2 is 1.64 bits per heavy atom. The summed E-state index contributed by atoms with van der Waals surface area (Å²) in [6.45, 7) is 6.90. The van der Waals surface area contributed by atoms with Crippen molar-refractivity contribution in [3.8, 4) is 6.07 Å². The number of ether oxygens (including phenoxy) is 1. The van der Waals surface area contributed by atoms with Crippen molar-refractivity contribution < 1.29 is 9.53 Å². The van der Waals surface area contributed by atoms with Gasteiger partial charge in [0, 0.05) is 6.42 Å². The molecular weight excluding hydrogens is 274 g/mol. The van der Waals surface area contributed by atoms with Gasteiger partial charge in [-0.2, -0.15) is 5.26 Å². The molecule has 0 aliphatic heterocycles. The van der Waals surface area contributed by atoms with Crippen LogP contribution in [0.25, 0.3) is 0 Å². The first-order valence-electron chi connectivity index (χ1n) is 8.97. The maximum atomic E-state index is 12.4. The van der Waals surface area contributed by atoms with Gasteiger partial charge in [-0.1, -0.05) is 20.8 Å². The molecule has 0 radical (unpaired) electrons. The van der Waals surface area contributed by atoms with Crippen LogP contribution in [0.1, 0.15) is 78.6 Å². The molecule has 0 amide bonds. The smallest absolute Gasteiger partial charge is 0.309 e. The number of esters is 1. The van der Waals surface area contributed by atoms with Gasteiger partial charge in [0.15, 0.2) is 0 Å². The molecule has 0 bridgehead atoms. The molecule has 2 aliphatic rings. The fraction of sp³-hybridized carbons (Fsp3) is 0.895. The summed E-state index contributed by atoms with van der Waals surface area (Å²) in [6.07, 6.45) is 8.97. The van der Waals surface area contributed by atoms with Gasteiger partial charge in [0.25, 0.3) is 0 Å². The Hall–Kier alpha value is -1.04. The molecule has 0 aromatic rings. The minimum absolute atomic E-state index is 0.0380. The zero-order valence-corrected chi connectivity index (χ0v) is 14.4. The molecule has 2 rings (SSSR count). The predicted molar refractivity (Wildman–Crippen MR) is 87.0 cm³/mol. The molecule has 0 N–H and O–H groups in total. The standard InChI is InChI=1S/C19H31NO2/c1-19(2,3)16-8-6-15(7-9-16)18(21)22-17-10-4-14(5-11-17)12-13-20/h14-17H,4-12H2,1-3H3. The number of carbonyl (C=O) groups is 1. The molecule has 0 spiro atoms. The van der Waals surface area contributed by atoms with Crippen molar-refractivity contribution in [3.05, 3.63) is 0 Å². The van der Waals surface area contributed by atoms with Crippen molar-refractivity contribution >= 4 is 5.97 Å². The fourth-order valence-corrected chi connectivity index (χ4v) is 4.04. The Morgan fingerprint density at radius 1 is 1.05 bits per heavy atom. The summed E-state index contributed by atoms with van der Waals surface area (Å²) >= 11 is 0. The molecule has 2 aliphatic carbocycles. The van der Waals surface area contributed by atoms with E-state index in [2.05, 4.69) is 26.8 Å². The van der Waals surface area contributed by atoms with Crippen molar-refractivity contribution in [2.75, 3.05) is 0 Å². The van der Waals surface area contributed by atoms with Crippen LogP contribution in [-0.2, 0) is 9.53 Å². The summed E-state index contributed by atoms with van der Waals surface area (Å²) < 4.78 is 5.76. The maximum absolute atomic E-state index is 12.4. The summed E-state index contributed by atoms with van der Waals surface area (Å²) in [7, 11) is 0. The molecule has 124 valence electrons. The van der Waals surface area contributed by atoms with Crippen LogP contribution in [0.5, 0.6) is 0 Å². The Bertz CT molecular complexity index is 402. The van der Waals surface area contributed by atoms with Gasteiger partial charge < -0.3 is 4.74 Å². The highest BCUT2D eigenvalue weighted by atomic mass is 16.5. The molecular formula is C19H31NO2. The van der Waals surface area contributed by atoms with Crippen LogP contribution in [0.15, 0.2) is 0 Å². The zero-order valence-electron chi connectivity index (χ0n) is 14.4. The second-order valence-corrected chi connectivity index (χ2v) is 8.36. The van der Waals surface area contributed by atoms with Crippen LogP contribution in [0.2, 0.25) is 0 Å². The topological polar surface area (TPSA) is 50.1 Å². The lowest BCUT2D eigenvalue weighted by Crippen LogP contribution is -2.32. The summed E-state index contributed by atoms with van der Waals surface area (Å²) in [4.78, 5) is 12.4. The van der Waals surface area contributed by atoms with Crippen LogP contribution in [0, 0.1) is 34.5 Å². The fourth-order valence-electron chi connectivity index (χ4n) is 4.04. The van der Waals surface area contributed by atoms with Crippen molar-refractivity contribution in [3.63, 3.8) is 0 Å². The van der Waals surface area contributed by atoms with Gasteiger partial charge in [0.1, 0.15) is 6.10 Å². The van der Waals surface area contributed by atoms with E-state index in [0.29, 0.717) is 17.8 Å². The van der Waals surface area contributed by atoms with Crippen molar-refractivity contribution in [2.24, 2.45) is 23.2 Å². The van der Waals surface area contributed by atoms with Gasteiger partial charge in [-0.15, -0.1) is 0 Å². The average Bonchev–Trinajstić information content (AvgIpc) is 2.49. The Kier molecular flexibility index (Phi) is 5.89. The van der Waals surface area contributed by atoms with Crippen LogP contribution >= 0.6 is 0 Å². The van der Waals surface area contributed by atoms with Crippen molar-refractivity contribution in [1.29, 1.82) is 5.26 Å². The monoisotopic (exact) mass is 305 g/mol. The summed E-state index contributed by atoms with van der Waals surface area (Å²) in [5, 5.41) is 8.74. The van der Waals surface area contributed by atoms with E-state index in [-0.39, 0.29) is 18.0 Å². The van der Waals surface area contributed by atoms with Gasteiger partial charge in [0.2, 0.25) is 0 Å². The number of nitrogens with zero attached hydrogens (tertiary/aromatic N) is 1. The SMILES string of the molecule is CC(C)(C)C1CCC(C(=O)OC2CCC(CC#N)CC2)CC1. The molecule has 0 unspecified atom stereocenters. The minimum atomic E-state index is 0.0380. The third-order valence-corrected chi connectivity index (χ3v) is 5.74. The van der Waals surface area contributed by atoms with E-state index in [4.69, 9.17) is 10.00 Å². The third kappa shape index (κ3) is 4.73. The van der Waals surface area contributed by atoms with Gasteiger partial charge in [0.05, 0.1) is 12.0 Å². The maximum Gasteiger partial charge on any atom is 0.309 e. The number of nitriles is 1. The first-order chi connectivity index (χ1) is 10.4. The van der Waals surface area contributed by atoms with E-state index < -0.39 is 0 Å². The van der Waals surface area contributed by atoms with E-state index in [1.807, 2.05) is 0 Å². The third-order valence-electron chi connectivity index (χ3n) is 5.74. The average molecular weight is 305 g/mol. The summed E-state index contributed by atoms with van der Waals surface area (Å²) in [5.41, 5.74) is 0.355. The number of carbonyl (C=O) groups excluding carboxylic acids is 1. The second-order valence-electron chi connectivity index (χ2n) is 8.36.